The van der Waals surface area contributed by atoms with E-state index in [9.17, 15) is 53.4 Å². The van der Waals surface area contributed by atoms with Crippen molar-refractivity contribution in [2.45, 2.75) is 114 Å². The minimum Gasteiger partial charge on any atom is -0.481 e. The Bertz CT molecular complexity index is 1420. The fraction of sp³-hybridized carbons (Fsp3) is 0.743. The second-order valence-electron chi connectivity index (χ2n) is 14.4. The second-order valence-corrected chi connectivity index (χ2v) is 15.3. The molecular weight excluding hydrogens is 755 g/mol. The molecule has 0 aromatic carbocycles. The summed E-state index contributed by atoms with van der Waals surface area (Å²) in [5, 5.41) is 31.1. The zero-order valence-corrected chi connectivity index (χ0v) is 33.2. The summed E-state index contributed by atoms with van der Waals surface area (Å²) >= 11 is 1.35. The third-order valence-corrected chi connectivity index (χ3v) is 10.1. The van der Waals surface area contributed by atoms with E-state index in [-0.39, 0.29) is 31.8 Å². The Balaban J connectivity index is 2.04. The van der Waals surface area contributed by atoms with E-state index in [1.807, 2.05) is 13.8 Å². The van der Waals surface area contributed by atoms with E-state index in [0.717, 1.165) is 4.90 Å². The number of unbranched alkanes of at least 4 members (excludes halogenated alkanes) is 1. The van der Waals surface area contributed by atoms with Gasteiger partial charge < -0.3 is 58.1 Å². The van der Waals surface area contributed by atoms with Crippen LogP contribution in [0.4, 0.5) is 0 Å². The van der Waals surface area contributed by atoms with E-state index in [0.29, 0.717) is 57.2 Å². The molecule has 11 N–H and O–H groups in total. The number of hydrogen-bond acceptors (Lipinski definition) is 12. The van der Waals surface area contributed by atoms with Crippen LogP contribution in [0.5, 0.6) is 0 Å². The number of nitrogens with two attached hydrogens (primary N) is 2. The van der Waals surface area contributed by atoms with Crippen LogP contribution in [0.3, 0.4) is 0 Å². The molecule has 0 bridgehead atoms. The molecule has 2 heterocycles. The van der Waals surface area contributed by atoms with Crippen LogP contribution in [-0.2, 0) is 43.2 Å². The van der Waals surface area contributed by atoms with E-state index >= 15 is 0 Å². The van der Waals surface area contributed by atoms with E-state index in [4.69, 9.17) is 11.5 Å². The van der Waals surface area contributed by atoms with Gasteiger partial charge in [0.1, 0.15) is 30.2 Å². The monoisotopic (exact) mass is 813 g/mol. The van der Waals surface area contributed by atoms with Crippen molar-refractivity contribution < 1.29 is 53.4 Å². The predicted molar refractivity (Wildman–Crippen MR) is 205 cm³/mol. The Hall–Kier alpha value is -4.50. The molecule has 6 atom stereocenters. The molecule has 0 aromatic heterocycles. The van der Waals surface area contributed by atoms with Gasteiger partial charge >= 0.3 is 11.9 Å². The van der Waals surface area contributed by atoms with Crippen LogP contribution in [0.15, 0.2) is 0 Å². The molecule has 0 unspecified atom stereocenters. The van der Waals surface area contributed by atoms with E-state index in [2.05, 4.69) is 26.6 Å². The molecule has 2 saturated heterocycles. The highest BCUT2D eigenvalue weighted by Gasteiger charge is 2.39. The van der Waals surface area contributed by atoms with Gasteiger partial charge in [-0.3, -0.25) is 38.4 Å². The van der Waals surface area contributed by atoms with Crippen molar-refractivity contribution >= 4 is 65.1 Å². The molecule has 0 aromatic rings. The maximum absolute atomic E-state index is 13.7. The van der Waals surface area contributed by atoms with E-state index in [1.165, 1.54) is 16.7 Å². The lowest BCUT2D eigenvalue weighted by atomic mass is 10.0. The zero-order chi connectivity index (χ0) is 41.9. The number of carbonyl (C=O) groups excluding carboxylic acids is 7. The molecule has 316 valence electrons. The van der Waals surface area contributed by atoms with Gasteiger partial charge in [0.15, 0.2) is 0 Å². The smallest absolute Gasteiger partial charge is 0.326 e. The number of carboxylic acid groups (broad SMARTS) is 2. The van der Waals surface area contributed by atoms with Crippen LogP contribution in [0.2, 0.25) is 0 Å². The highest BCUT2D eigenvalue weighted by Crippen LogP contribution is 2.21. The zero-order valence-electron chi connectivity index (χ0n) is 32.4. The Kier molecular flexibility index (Phi) is 20.6. The van der Waals surface area contributed by atoms with Gasteiger partial charge in [-0.15, -0.1) is 0 Å². The summed E-state index contributed by atoms with van der Waals surface area (Å²) in [5.41, 5.74) is 11.7. The highest BCUT2D eigenvalue weighted by molar-refractivity contribution is 7.98. The molecule has 56 heavy (non-hydrogen) atoms. The van der Waals surface area contributed by atoms with Crippen molar-refractivity contribution in [3.8, 4) is 0 Å². The van der Waals surface area contributed by atoms with Crippen molar-refractivity contribution in [2.75, 3.05) is 44.7 Å². The topological polar surface area (TPSA) is 313 Å². The van der Waals surface area contributed by atoms with Gasteiger partial charge in [-0.25, -0.2) is 4.79 Å². The van der Waals surface area contributed by atoms with E-state index < -0.39 is 109 Å². The van der Waals surface area contributed by atoms with Gasteiger partial charge in [-0.2, -0.15) is 11.8 Å². The first kappa shape index (κ1) is 47.7. The van der Waals surface area contributed by atoms with Crippen LogP contribution in [0.25, 0.3) is 0 Å². The van der Waals surface area contributed by atoms with Crippen LogP contribution in [0.1, 0.15) is 78.1 Å². The molecular formula is C35H59N9O11S. The summed E-state index contributed by atoms with van der Waals surface area (Å²) in [6.07, 6.45) is 4.39. The molecule has 20 nitrogen and oxygen atoms in total. The number of nitrogens with one attached hydrogen (secondary N) is 5. The molecule has 2 fully saturated rings. The summed E-state index contributed by atoms with van der Waals surface area (Å²) in [6, 6.07) is -6.60. The number of thioether (sulfide) groups is 1. The second kappa shape index (κ2) is 24.2. The fourth-order valence-corrected chi connectivity index (χ4v) is 7.02. The van der Waals surface area contributed by atoms with Crippen molar-refractivity contribution in [1.82, 2.24) is 36.4 Å². The highest BCUT2D eigenvalue weighted by atomic mass is 32.2. The van der Waals surface area contributed by atoms with Crippen LogP contribution in [0, 0.1) is 5.92 Å². The molecule has 0 aliphatic carbocycles. The number of nitrogens with zero attached hydrogens (tertiary/aromatic N) is 2. The third-order valence-electron chi connectivity index (χ3n) is 9.43. The average Bonchev–Trinajstić information content (AvgIpc) is 3.84. The van der Waals surface area contributed by atoms with Crippen LogP contribution < -0.4 is 38.1 Å². The number of likely N-dealkylation sites (tertiary alicyclic amines) is 2. The largest absolute Gasteiger partial charge is 0.481 e. The van der Waals surface area contributed by atoms with Gasteiger partial charge in [-0.05, 0) is 82.3 Å². The van der Waals surface area contributed by atoms with Gasteiger partial charge in [0.25, 0.3) is 0 Å². The Labute approximate surface area is 330 Å². The quantitative estimate of drug-likeness (QED) is 0.0454. The first-order chi connectivity index (χ1) is 26.5. The lowest BCUT2D eigenvalue weighted by molar-refractivity contribution is -0.148. The van der Waals surface area contributed by atoms with E-state index in [1.54, 1.807) is 6.26 Å². The summed E-state index contributed by atoms with van der Waals surface area (Å²) in [7, 11) is 0. The van der Waals surface area contributed by atoms with Crippen LogP contribution in [-0.4, -0.2) is 154 Å². The Morgan fingerprint density at radius 3 is 2.02 bits per heavy atom. The first-order valence-electron chi connectivity index (χ1n) is 18.9. The van der Waals surface area contributed by atoms with Crippen molar-refractivity contribution in [2.24, 2.45) is 17.4 Å². The van der Waals surface area contributed by atoms with Crippen molar-refractivity contribution in [3.05, 3.63) is 0 Å². The predicted octanol–water partition coefficient (Wildman–Crippen LogP) is -2.53. The number of hydrogen-bond donors (Lipinski definition) is 9. The van der Waals surface area contributed by atoms with Gasteiger partial charge in [0.2, 0.25) is 41.4 Å². The van der Waals surface area contributed by atoms with Gasteiger partial charge in [0, 0.05) is 13.1 Å². The third kappa shape index (κ3) is 15.6. The molecule has 2 aliphatic rings. The maximum Gasteiger partial charge on any atom is 0.326 e. The van der Waals surface area contributed by atoms with Gasteiger partial charge in [0.05, 0.1) is 25.6 Å². The SMILES string of the molecule is CSCC[C@H](NC(=O)CNC(=O)[C@@H]1CCCN1C(=O)[C@H](CCCCN)NC(=O)[C@@H](N)CC(C)C)C(=O)N[C@@H](CC(=O)O)C(=O)NCC(=O)N1CCC[C@H]1C(=O)O. The Morgan fingerprint density at radius 2 is 1.41 bits per heavy atom. The standard InChI is InChI=1S/C35H59N9O11S/c1-20(2)16-21(37)30(49)41-23(8-4-5-12-36)34(53)44-14-6-9-25(44)33(52)38-18-27(45)40-22(11-15-56-3)32(51)42-24(17-29(47)48)31(50)39-19-28(46)43-13-7-10-26(43)35(54)55/h20-26H,4-19,36-37H2,1-3H3,(H,38,52)(H,39,50)(H,40,45)(H,41,49)(H,42,51)(H,47,48)(H,54,55)/t21-,22-,23-,24-,25-,26-/m0/s1. The number of aliphatic carboxylic acids is 2. The lowest BCUT2D eigenvalue weighted by Crippen LogP contribution is -2.57. The molecule has 2 aliphatic heterocycles. The average molecular weight is 814 g/mol. The number of amides is 7. The summed E-state index contributed by atoms with van der Waals surface area (Å²) in [5.74, 6) is -6.98. The van der Waals surface area contributed by atoms with Crippen molar-refractivity contribution in [3.63, 3.8) is 0 Å². The summed E-state index contributed by atoms with van der Waals surface area (Å²) in [6.45, 7) is 3.48. The normalized spacial score (nSPS) is 18.7. The summed E-state index contributed by atoms with van der Waals surface area (Å²) in [4.78, 5) is 117. The fourth-order valence-electron chi connectivity index (χ4n) is 6.55. The summed E-state index contributed by atoms with van der Waals surface area (Å²) < 4.78 is 0. The molecule has 0 saturated carbocycles. The molecule has 21 heteroatoms. The molecule has 7 amide bonds. The number of carbonyl (C=O) groups is 9. The lowest BCUT2D eigenvalue weighted by Gasteiger charge is -2.29. The van der Waals surface area contributed by atoms with Gasteiger partial charge in [-0.1, -0.05) is 13.8 Å². The number of rotatable bonds is 24. The van der Waals surface area contributed by atoms with Crippen LogP contribution >= 0.6 is 11.8 Å². The first-order valence-corrected chi connectivity index (χ1v) is 20.3. The maximum atomic E-state index is 13.7. The minimum atomic E-state index is -1.64. The Morgan fingerprint density at radius 1 is 0.768 bits per heavy atom. The number of carboxylic acids is 2. The minimum absolute atomic E-state index is 0.0706. The molecule has 0 spiro atoms. The molecule has 0 radical (unpaired) electrons. The molecule has 2 rings (SSSR count). The van der Waals surface area contributed by atoms with Crippen molar-refractivity contribution in [1.29, 1.82) is 0 Å².